The van der Waals surface area contributed by atoms with E-state index in [0.29, 0.717) is 32.0 Å². The number of thioether (sulfide) groups is 1. The average molecular weight is 375 g/mol. The molecule has 2 aliphatic heterocycles. The fourth-order valence-corrected chi connectivity index (χ4v) is 4.47. The summed E-state index contributed by atoms with van der Waals surface area (Å²) in [4.78, 5) is 28.5. The van der Waals surface area contributed by atoms with Crippen molar-refractivity contribution in [3.8, 4) is 0 Å². The van der Waals surface area contributed by atoms with Crippen molar-refractivity contribution in [2.45, 2.75) is 31.6 Å². The topological polar surface area (TPSA) is 49.9 Å². The van der Waals surface area contributed by atoms with Crippen LogP contribution < -0.4 is 0 Å². The molecule has 0 aromatic heterocycles. The van der Waals surface area contributed by atoms with Crippen molar-refractivity contribution in [3.63, 3.8) is 0 Å². The molecule has 5 nitrogen and oxygen atoms in total. The third-order valence-electron chi connectivity index (χ3n) is 4.95. The van der Waals surface area contributed by atoms with E-state index in [1.807, 2.05) is 23.1 Å². The van der Waals surface area contributed by atoms with Crippen LogP contribution in [0.3, 0.4) is 0 Å². The first-order chi connectivity index (χ1) is 12.7. The molecule has 0 N–H and O–H groups in total. The molecule has 6 heteroatoms. The Balaban J connectivity index is 1.49. The standard InChI is InChI=1S/C20H26N2O3S/c1-2-19(23)22-12-13-26-15-18(22)20(24)21-10-8-17(9-11-21)25-14-16-6-4-3-5-7-16/h2-7,17-18H,1,8-15H2. The van der Waals surface area contributed by atoms with Crippen molar-refractivity contribution in [3.05, 3.63) is 48.6 Å². The lowest BCUT2D eigenvalue weighted by molar-refractivity contribution is -0.144. The summed E-state index contributed by atoms with van der Waals surface area (Å²) in [5.74, 6) is 1.46. The number of hydrogen-bond donors (Lipinski definition) is 0. The lowest BCUT2D eigenvalue weighted by atomic mass is 10.1. The van der Waals surface area contributed by atoms with Crippen LogP contribution in [0.5, 0.6) is 0 Å². The van der Waals surface area contributed by atoms with Gasteiger partial charge in [-0.05, 0) is 24.5 Å². The van der Waals surface area contributed by atoms with Gasteiger partial charge in [-0.15, -0.1) is 0 Å². The van der Waals surface area contributed by atoms with Gasteiger partial charge in [-0.2, -0.15) is 11.8 Å². The van der Waals surface area contributed by atoms with Crippen LogP contribution >= 0.6 is 11.8 Å². The Labute approximate surface area is 159 Å². The van der Waals surface area contributed by atoms with Crippen LogP contribution in [-0.4, -0.2) is 64.9 Å². The minimum atomic E-state index is -0.360. The first-order valence-electron chi connectivity index (χ1n) is 9.14. The summed E-state index contributed by atoms with van der Waals surface area (Å²) in [5.41, 5.74) is 1.17. The molecule has 0 aliphatic carbocycles. The highest BCUT2D eigenvalue weighted by atomic mass is 32.2. The Kier molecular flexibility index (Phi) is 6.74. The highest BCUT2D eigenvalue weighted by Gasteiger charge is 2.35. The van der Waals surface area contributed by atoms with Crippen molar-refractivity contribution in [1.82, 2.24) is 9.80 Å². The van der Waals surface area contributed by atoms with E-state index < -0.39 is 0 Å². The third-order valence-corrected chi connectivity index (χ3v) is 5.98. The van der Waals surface area contributed by atoms with Crippen LogP contribution in [0.25, 0.3) is 0 Å². The molecule has 0 radical (unpaired) electrons. The van der Waals surface area contributed by atoms with Gasteiger partial charge in [-0.1, -0.05) is 36.9 Å². The highest BCUT2D eigenvalue weighted by molar-refractivity contribution is 7.99. The van der Waals surface area contributed by atoms with Crippen LogP contribution in [0, 0.1) is 0 Å². The highest BCUT2D eigenvalue weighted by Crippen LogP contribution is 2.22. The monoisotopic (exact) mass is 374 g/mol. The first kappa shape index (κ1) is 19.0. The van der Waals surface area contributed by atoms with Crippen molar-refractivity contribution in [2.24, 2.45) is 0 Å². The number of carbonyl (C=O) groups is 2. The Hall–Kier alpha value is -1.79. The molecule has 3 rings (SSSR count). The number of amides is 2. The number of rotatable bonds is 5. The molecule has 0 bridgehead atoms. The van der Waals surface area contributed by atoms with E-state index in [9.17, 15) is 9.59 Å². The molecule has 2 aliphatic rings. The molecule has 2 amide bonds. The van der Waals surface area contributed by atoms with Gasteiger partial charge in [0.2, 0.25) is 11.8 Å². The zero-order valence-electron chi connectivity index (χ0n) is 15.0. The maximum Gasteiger partial charge on any atom is 0.246 e. The van der Waals surface area contributed by atoms with E-state index in [1.54, 1.807) is 16.7 Å². The molecule has 140 valence electrons. The van der Waals surface area contributed by atoms with E-state index in [4.69, 9.17) is 4.74 Å². The van der Waals surface area contributed by atoms with Crippen LogP contribution in [0.2, 0.25) is 0 Å². The molecule has 26 heavy (non-hydrogen) atoms. The fraction of sp³-hybridized carbons (Fsp3) is 0.500. The summed E-state index contributed by atoms with van der Waals surface area (Å²) in [6, 6.07) is 9.78. The van der Waals surface area contributed by atoms with Gasteiger partial charge >= 0.3 is 0 Å². The number of nitrogens with zero attached hydrogens (tertiary/aromatic N) is 2. The zero-order valence-corrected chi connectivity index (χ0v) is 15.8. The van der Waals surface area contributed by atoms with Gasteiger partial charge < -0.3 is 14.5 Å². The quantitative estimate of drug-likeness (QED) is 0.743. The average Bonchev–Trinajstić information content (AvgIpc) is 2.72. The van der Waals surface area contributed by atoms with Crippen molar-refractivity contribution in [1.29, 1.82) is 0 Å². The summed E-state index contributed by atoms with van der Waals surface area (Å²) in [7, 11) is 0. The number of carbonyl (C=O) groups excluding carboxylic acids is 2. The molecule has 0 spiro atoms. The maximum absolute atomic E-state index is 12.9. The van der Waals surface area contributed by atoms with E-state index in [2.05, 4.69) is 18.7 Å². The van der Waals surface area contributed by atoms with Gasteiger partial charge in [0, 0.05) is 31.1 Å². The Morgan fingerprint density at radius 2 is 1.92 bits per heavy atom. The minimum Gasteiger partial charge on any atom is -0.373 e. The van der Waals surface area contributed by atoms with Gasteiger partial charge in [0.25, 0.3) is 0 Å². The summed E-state index contributed by atoms with van der Waals surface area (Å²) < 4.78 is 6.00. The summed E-state index contributed by atoms with van der Waals surface area (Å²) >= 11 is 1.73. The van der Waals surface area contributed by atoms with E-state index in [-0.39, 0.29) is 24.0 Å². The number of ether oxygens (including phenoxy) is 1. The Bertz CT molecular complexity index is 629. The van der Waals surface area contributed by atoms with Crippen molar-refractivity contribution in [2.75, 3.05) is 31.1 Å². The molecule has 2 fully saturated rings. The van der Waals surface area contributed by atoms with Crippen molar-refractivity contribution < 1.29 is 14.3 Å². The van der Waals surface area contributed by atoms with Crippen molar-refractivity contribution >= 4 is 23.6 Å². The van der Waals surface area contributed by atoms with Gasteiger partial charge in [0.05, 0.1) is 12.7 Å². The molecule has 1 aromatic rings. The molecule has 2 saturated heterocycles. The first-order valence-corrected chi connectivity index (χ1v) is 10.3. The molecule has 1 aromatic carbocycles. The summed E-state index contributed by atoms with van der Waals surface area (Å²) in [5, 5.41) is 0. The number of piperidine rings is 1. The molecular weight excluding hydrogens is 348 g/mol. The fourth-order valence-electron chi connectivity index (χ4n) is 3.43. The molecule has 1 unspecified atom stereocenters. The Morgan fingerprint density at radius 3 is 2.62 bits per heavy atom. The smallest absolute Gasteiger partial charge is 0.246 e. The summed E-state index contributed by atoms with van der Waals surface area (Å²) in [6.07, 6.45) is 3.17. The van der Waals surface area contributed by atoms with Gasteiger partial charge in [0.1, 0.15) is 6.04 Å². The second-order valence-electron chi connectivity index (χ2n) is 6.65. The van der Waals surface area contributed by atoms with Crippen LogP contribution in [0.1, 0.15) is 18.4 Å². The predicted octanol–water partition coefficient (Wildman–Crippen LogP) is 2.32. The maximum atomic E-state index is 12.9. The Morgan fingerprint density at radius 1 is 1.19 bits per heavy atom. The zero-order chi connectivity index (χ0) is 18.4. The third kappa shape index (κ3) is 4.68. The lowest BCUT2D eigenvalue weighted by Crippen LogP contribution is -2.56. The van der Waals surface area contributed by atoms with Gasteiger partial charge in [-0.3, -0.25) is 9.59 Å². The molecule has 2 heterocycles. The molecule has 1 atom stereocenters. The molecule has 0 saturated carbocycles. The number of hydrogen-bond acceptors (Lipinski definition) is 4. The lowest BCUT2D eigenvalue weighted by Gasteiger charge is -2.39. The van der Waals surface area contributed by atoms with Crippen LogP contribution in [-0.2, 0) is 20.9 Å². The number of benzene rings is 1. The van der Waals surface area contributed by atoms with E-state index in [1.165, 1.54) is 11.6 Å². The largest absolute Gasteiger partial charge is 0.373 e. The van der Waals surface area contributed by atoms with Gasteiger partial charge in [0.15, 0.2) is 0 Å². The number of likely N-dealkylation sites (tertiary alicyclic amines) is 1. The SMILES string of the molecule is C=CC(=O)N1CCSCC1C(=O)N1CCC(OCc2ccccc2)CC1. The second kappa shape index (κ2) is 9.24. The normalized spacial score (nSPS) is 21.5. The predicted molar refractivity (Wildman–Crippen MR) is 104 cm³/mol. The molecular formula is C20H26N2O3S. The van der Waals surface area contributed by atoms with E-state index >= 15 is 0 Å². The minimum absolute atomic E-state index is 0.0638. The summed E-state index contributed by atoms with van der Waals surface area (Å²) in [6.45, 7) is 6.16. The van der Waals surface area contributed by atoms with Gasteiger partial charge in [-0.25, -0.2) is 0 Å². The van der Waals surface area contributed by atoms with Crippen LogP contribution in [0.15, 0.2) is 43.0 Å². The van der Waals surface area contributed by atoms with E-state index in [0.717, 1.165) is 18.6 Å². The second-order valence-corrected chi connectivity index (χ2v) is 7.80. The van der Waals surface area contributed by atoms with Crippen LogP contribution in [0.4, 0.5) is 0 Å².